The van der Waals surface area contributed by atoms with Crippen LogP contribution < -0.4 is 4.74 Å². The molecule has 0 radical (unpaired) electrons. The van der Waals surface area contributed by atoms with Crippen molar-refractivity contribution in [2.24, 2.45) is 0 Å². The summed E-state index contributed by atoms with van der Waals surface area (Å²) in [7, 11) is 0. The minimum absolute atomic E-state index is 0.136. The molecule has 6 heteroatoms. The lowest BCUT2D eigenvalue weighted by Crippen LogP contribution is -2.19. The van der Waals surface area contributed by atoms with Gasteiger partial charge in [0.1, 0.15) is 5.82 Å². The second-order valence-corrected chi connectivity index (χ2v) is 9.52. The lowest BCUT2D eigenvalue weighted by Gasteiger charge is -2.09. The summed E-state index contributed by atoms with van der Waals surface area (Å²) in [6, 6.07) is 20.7. The maximum atomic E-state index is 15.2. The van der Waals surface area contributed by atoms with Gasteiger partial charge in [0.25, 0.3) is 0 Å². The summed E-state index contributed by atoms with van der Waals surface area (Å²) in [5, 5.41) is 1.14. The van der Waals surface area contributed by atoms with Gasteiger partial charge in [-0.05, 0) is 65.3 Å². The second kappa shape index (κ2) is 12.8. The zero-order valence-electron chi connectivity index (χ0n) is 21.7. The molecule has 0 aliphatic carbocycles. The summed E-state index contributed by atoms with van der Waals surface area (Å²) in [5.41, 5.74) is 3.68. The third kappa shape index (κ3) is 7.83. The number of hydrogen-bond donors (Lipinski definition) is 0. The molecular formula is C33H29F5O. The van der Waals surface area contributed by atoms with Crippen molar-refractivity contribution in [3.8, 4) is 28.7 Å². The van der Waals surface area contributed by atoms with E-state index in [1.165, 1.54) is 43.7 Å². The van der Waals surface area contributed by atoms with Gasteiger partial charge in [-0.1, -0.05) is 86.9 Å². The second-order valence-electron chi connectivity index (χ2n) is 9.52. The third-order valence-corrected chi connectivity index (χ3v) is 6.48. The molecule has 202 valence electrons. The van der Waals surface area contributed by atoms with Crippen molar-refractivity contribution in [3.63, 3.8) is 0 Å². The van der Waals surface area contributed by atoms with Crippen LogP contribution >= 0.6 is 0 Å². The number of halogens is 5. The van der Waals surface area contributed by atoms with E-state index < -0.39 is 30.2 Å². The zero-order valence-corrected chi connectivity index (χ0v) is 21.7. The Balaban J connectivity index is 1.46. The molecule has 4 aromatic carbocycles. The summed E-state index contributed by atoms with van der Waals surface area (Å²) in [4.78, 5) is 0. The standard InChI is InChI=1S/C33H29F5O/c1-2-3-4-5-6-7-23-8-12-25(13-9-23)27-17-18-29-28(21-27)16-15-26(32(29)35)14-10-24-11-19-31(30(34)20-24)39-22-33(36,37)38/h8-9,11-13,15-21H,2-7,22H2,1H3. The van der Waals surface area contributed by atoms with Gasteiger partial charge >= 0.3 is 6.18 Å². The Bertz CT molecular complexity index is 1480. The fourth-order valence-corrected chi connectivity index (χ4v) is 4.36. The van der Waals surface area contributed by atoms with Crippen LogP contribution in [0.5, 0.6) is 5.75 Å². The van der Waals surface area contributed by atoms with E-state index in [0.717, 1.165) is 35.1 Å². The smallest absolute Gasteiger partial charge is 0.422 e. The number of fused-ring (bicyclic) bond motifs is 1. The molecule has 0 spiro atoms. The van der Waals surface area contributed by atoms with Gasteiger partial charge in [0.15, 0.2) is 18.2 Å². The summed E-state index contributed by atoms with van der Waals surface area (Å²) < 4.78 is 70.6. The van der Waals surface area contributed by atoms with E-state index in [-0.39, 0.29) is 11.1 Å². The van der Waals surface area contributed by atoms with E-state index >= 15 is 4.39 Å². The number of alkyl halides is 3. The first kappa shape index (κ1) is 28.2. The SMILES string of the molecule is CCCCCCCc1ccc(-c2ccc3c(F)c(C#Cc4ccc(OCC(F)(F)F)c(F)c4)ccc3c2)cc1. The quantitative estimate of drug-likeness (QED) is 0.118. The van der Waals surface area contributed by atoms with E-state index in [4.69, 9.17) is 0 Å². The summed E-state index contributed by atoms with van der Waals surface area (Å²) in [6.07, 6.45) is 2.75. The molecule has 0 aliphatic rings. The van der Waals surface area contributed by atoms with Crippen molar-refractivity contribution in [2.75, 3.05) is 6.61 Å². The van der Waals surface area contributed by atoms with Crippen LogP contribution in [0.1, 0.15) is 55.7 Å². The number of benzene rings is 4. The third-order valence-electron chi connectivity index (χ3n) is 6.48. The molecule has 0 aromatic heterocycles. The lowest BCUT2D eigenvalue weighted by atomic mass is 9.97. The predicted octanol–water partition coefficient (Wildman–Crippen LogP) is 9.64. The molecular weight excluding hydrogens is 507 g/mol. The van der Waals surface area contributed by atoms with Crippen molar-refractivity contribution in [1.29, 1.82) is 0 Å². The lowest BCUT2D eigenvalue weighted by molar-refractivity contribution is -0.153. The largest absolute Gasteiger partial charge is 0.481 e. The van der Waals surface area contributed by atoms with Gasteiger partial charge in [-0.25, -0.2) is 8.78 Å². The minimum atomic E-state index is -4.57. The van der Waals surface area contributed by atoms with Gasteiger partial charge in [-0.15, -0.1) is 0 Å². The molecule has 0 amide bonds. The summed E-state index contributed by atoms with van der Waals surface area (Å²) in [6.45, 7) is 0.620. The van der Waals surface area contributed by atoms with Crippen LogP contribution in [-0.2, 0) is 6.42 Å². The Hall–Kier alpha value is -3.85. The highest BCUT2D eigenvalue weighted by Crippen LogP contribution is 2.28. The predicted molar refractivity (Wildman–Crippen MR) is 146 cm³/mol. The number of unbranched alkanes of at least 4 members (excludes halogenated alkanes) is 4. The van der Waals surface area contributed by atoms with Gasteiger partial charge in [0.05, 0.1) is 5.56 Å². The topological polar surface area (TPSA) is 9.23 Å². The summed E-state index contributed by atoms with van der Waals surface area (Å²) in [5.74, 6) is 3.37. The van der Waals surface area contributed by atoms with Gasteiger partial charge in [0, 0.05) is 10.9 Å². The molecule has 0 N–H and O–H groups in total. The van der Waals surface area contributed by atoms with Crippen LogP contribution in [0.3, 0.4) is 0 Å². The first-order valence-corrected chi connectivity index (χ1v) is 13.1. The highest BCUT2D eigenvalue weighted by Gasteiger charge is 2.28. The molecule has 4 rings (SSSR count). The zero-order chi connectivity index (χ0) is 27.8. The molecule has 0 bridgehead atoms. The molecule has 0 saturated heterocycles. The average molecular weight is 537 g/mol. The van der Waals surface area contributed by atoms with Gasteiger partial charge in [-0.2, -0.15) is 13.2 Å². The Kier molecular flexibility index (Phi) is 9.24. The molecule has 39 heavy (non-hydrogen) atoms. The molecule has 0 unspecified atom stereocenters. The van der Waals surface area contributed by atoms with Crippen molar-refractivity contribution in [2.45, 2.75) is 51.6 Å². The average Bonchev–Trinajstić information content (AvgIpc) is 2.92. The van der Waals surface area contributed by atoms with Crippen molar-refractivity contribution in [3.05, 3.63) is 101 Å². The number of aryl methyl sites for hydroxylation is 1. The number of rotatable bonds is 9. The van der Waals surface area contributed by atoms with E-state index in [0.29, 0.717) is 5.39 Å². The van der Waals surface area contributed by atoms with Gasteiger partial charge in [0.2, 0.25) is 0 Å². The Labute approximate surface area is 225 Å². The Morgan fingerprint density at radius 1 is 0.744 bits per heavy atom. The van der Waals surface area contributed by atoms with Crippen LogP contribution in [0.4, 0.5) is 22.0 Å². The van der Waals surface area contributed by atoms with E-state index in [1.54, 1.807) is 18.2 Å². The van der Waals surface area contributed by atoms with Crippen LogP contribution in [-0.4, -0.2) is 12.8 Å². The van der Waals surface area contributed by atoms with Crippen molar-refractivity contribution in [1.82, 2.24) is 0 Å². The highest BCUT2D eigenvalue weighted by atomic mass is 19.4. The fraction of sp³-hybridized carbons (Fsp3) is 0.273. The molecule has 0 aliphatic heterocycles. The minimum Gasteiger partial charge on any atom is -0.481 e. The van der Waals surface area contributed by atoms with E-state index in [9.17, 15) is 17.6 Å². The van der Waals surface area contributed by atoms with E-state index in [1.807, 2.05) is 12.1 Å². The van der Waals surface area contributed by atoms with Crippen LogP contribution in [0.25, 0.3) is 21.9 Å². The molecule has 4 aromatic rings. The normalized spacial score (nSPS) is 11.3. The fourth-order valence-electron chi connectivity index (χ4n) is 4.36. The first-order valence-electron chi connectivity index (χ1n) is 13.1. The van der Waals surface area contributed by atoms with Gasteiger partial charge in [-0.3, -0.25) is 0 Å². The van der Waals surface area contributed by atoms with Crippen LogP contribution in [0.2, 0.25) is 0 Å². The maximum absolute atomic E-state index is 15.2. The number of hydrogen-bond acceptors (Lipinski definition) is 1. The van der Waals surface area contributed by atoms with Crippen LogP contribution in [0.15, 0.2) is 72.8 Å². The first-order chi connectivity index (χ1) is 18.7. The molecule has 1 nitrogen and oxygen atoms in total. The summed E-state index contributed by atoms with van der Waals surface area (Å²) >= 11 is 0. The monoisotopic (exact) mass is 536 g/mol. The number of ether oxygens (including phenoxy) is 1. The Morgan fingerprint density at radius 2 is 1.49 bits per heavy atom. The molecule has 0 fully saturated rings. The molecule has 0 atom stereocenters. The maximum Gasteiger partial charge on any atom is 0.422 e. The van der Waals surface area contributed by atoms with Crippen molar-refractivity contribution >= 4 is 10.8 Å². The molecule has 0 saturated carbocycles. The van der Waals surface area contributed by atoms with Crippen molar-refractivity contribution < 1.29 is 26.7 Å². The van der Waals surface area contributed by atoms with Crippen LogP contribution in [0, 0.1) is 23.5 Å². The van der Waals surface area contributed by atoms with E-state index in [2.05, 4.69) is 47.8 Å². The molecule has 0 heterocycles. The Morgan fingerprint density at radius 3 is 2.21 bits per heavy atom. The van der Waals surface area contributed by atoms with Gasteiger partial charge < -0.3 is 4.74 Å². The highest BCUT2D eigenvalue weighted by molar-refractivity contribution is 5.89.